The van der Waals surface area contributed by atoms with Crippen molar-refractivity contribution in [2.45, 2.75) is 18.8 Å². The first-order valence-electron chi connectivity index (χ1n) is 7.96. The van der Waals surface area contributed by atoms with Crippen LogP contribution in [0.2, 0.25) is 0 Å². The minimum atomic E-state index is -0.285. The number of hydrogen-bond donors (Lipinski definition) is 1. The highest BCUT2D eigenvalue weighted by atomic mass is 16.5. The molecule has 124 valence electrons. The van der Waals surface area contributed by atoms with Gasteiger partial charge in [0.25, 0.3) is 5.91 Å². The van der Waals surface area contributed by atoms with Crippen LogP contribution in [0.15, 0.2) is 35.2 Å². The molecule has 1 aromatic carbocycles. The Kier molecular flexibility index (Phi) is 3.78. The first-order chi connectivity index (χ1) is 11.7. The third kappa shape index (κ3) is 2.78. The lowest BCUT2D eigenvalue weighted by atomic mass is 10.0. The Hall–Kier alpha value is -2.67. The fraction of sp³-hybridized carbons (Fsp3) is 0.353. The van der Waals surface area contributed by atoms with Crippen molar-refractivity contribution in [1.29, 1.82) is 0 Å². The van der Waals surface area contributed by atoms with Crippen molar-refractivity contribution >= 4 is 22.6 Å². The summed E-state index contributed by atoms with van der Waals surface area (Å²) in [4.78, 5) is 21.0. The van der Waals surface area contributed by atoms with Gasteiger partial charge in [-0.05, 0) is 31.0 Å². The molecule has 0 aliphatic carbocycles. The lowest BCUT2D eigenvalue weighted by molar-refractivity contribution is 0.0794. The van der Waals surface area contributed by atoms with Gasteiger partial charge in [-0.3, -0.25) is 4.79 Å². The summed E-state index contributed by atoms with van der Waals surface area (Å²) in [5.41, 5.74) is 2.81. The number of aryl methyl sites for hydroxylation is 1. The monoisotopic (exact) mass is 326 g/mol. The molecule has 1 aliphatic heterocycles. The molecule has 7 heteroatoms. The van der Waals surface area contributed by atoms with Gasteiger partial charge in [-0.15, -0.1) is 0 Å². The van der Waals surface area contributed by atoms with Crippen LogP contribution in [0.25, 0.3) is 11.0 Å². The molecule has 1 N–H and O–H groups in total. The number of nitrogens with zero attached hydrogens (tertiary/aromatic N) is 3. The van der Waals surface area contributed by atoms with Crippen LogP contribution in [0.5, 0.6) is 0 Å². The van der Waals surface area contributed by atoms with Gasteiger partial charge in [0.05, 0.1) is 17.4 Å². The molecule has 1 fully saturated rings. The molecule has 0 unspecified atom stereocenters. The van der Waals surface area contributed by atoms with Crippen molar-refractivity contribution in [3.8, 4) is 0 Å². The van der Waals surface area contributed by atoms with Crippen LogP contribution < -0.4 is 5.32 Å². The van der Waals surface area contributed by atoms with Crippen LogP contribution in [0.4, 0.5) is 5.69 Å². The van der Waals surface area contributed by atoms with Crippen molar-refractivity contribution in [1.82, 2.24) is 14.5 Å². The average Bonchev–Trinajstić information content (AvgIpc) is 3.23. The highest BCUT2D eigenvalue weighted by Gasteiger charge is 2.22. The predicted molar refractivity (Wildman–Crippen MR) is 88.0 cm³/mol. The van der Waals surface area contributed by atoms with Crippen molar-refractivity contribution in [2.24, 2.45) is 7.05 Å². The van der Waals surface area contributed by atoms with Crippen LogP contribution in [0, 0.1) is 0 Å². The topological polar surface area (TPSA) is 82.2 Å². The summed E-state index contributed by atoms with van der Waals surface area (Å²) in [6.07, 6.45) is 4.91. The van der Waals surface area contributed by atoms with Gasteiger partial charge in [0.1, 0.15) is 6.26 Å². The highest BCUT2D eigenvalue weighted by molar-refractivity contribution is 6.03. The molecule has 3 heterocycles. The van der Waals surface area contributed by atoms with E-state index in [4.69, 9.17) is 9.15 Å². The lowest BCUT2D eigenvalue weighted by Crippen LogP contribution is -2.15. The molecule has 0 spiro atoms. The summed E-state index contributed by atoms with van der Waals surface area (Å²) in [5, 5.41) is 2.84. The molecule has 0 bridgehead atoms. The van der Waals surface area contributed by atoms with Gasteiger partial charge in [-0.1, -0.05) is 0 Å². The minimum Gasteiger partial charge on any atom is -0.448 e. The van der Waals surface area contributed by atoms with E-state index >= 15 is 0 Å². The Bertz CT molecular complexity index is 877. The number of oxazole rings is 1. The highest BCUT2D eigenvalue weighted by Crippen LogP contribution is 2.26. The molecule has 24 heavy (non-hydrogen) atoms. The maximum atomic E-state index is 12.4. The number of fused-ring (bicyclic) bond motifs is 1. The average molecular weight is 326 g/mol. The maximum Gasteiger partial charge on any atom is 0.277 e. The number of nitrogens with one attached hydrogen (secondary N) is 1. The van der Waals surface area contributed by atoms with Gasteiger partial charge in [-0.25, -0.2) is 9.97 Å². The number of carbonyl (C=O) groups is 1. The largest absolute Gasteiger partial charge is 0.448 e. The number of anilines is 1. The third-order valence-corrected chi connectivity index (χ3v) is 4.31. The molecule has 0 saturated carbocycles. The van der Waals surface area contributed by atoms with Crippen molar-refractivity contribution in [2.75, 3.05) is 18.5 Å². The SMILES string of the molecule is Cn1cnc2cc(NC(=O)c3coc(C4CCOCC4)n3)ccc21. The number of benzene rings is 1. The van der Waals surface area contributed by atoms with E-state index in [9.17, 15) is 4.79 Å². The molecule has 2 aromatic heterocycles. The van der Waals surface area contributed by atoms with E-state index in [1.54, 1.807) is 6.33 Å². The molecular weight excluding hydrogens is 308 g/mol. The molecule has 4 rings (SSSR count). The van der Waals surface area contributed by atoms with Crippen LogP contribution in [0.1, 0.15) is 35.1 Å². The molecule has 1 saturated heterocycles. The maximum absolute atomic E-state index is 12.4. The zero-order valence-electron chi connectivity index (χ0n) is 13.4. The first kappa shape index (κ1) is 14.9. The molecular formula is C17H18N4O3. The first-order valence-corrected chi connectivity index (χ1v) is 7.96. The molecule has 7 nitrogen and oxygen atoms in total. The second kappa shape index (κ2) is 6.09. The van der Waals surface area contributed by atoms with Crippen molar-refractivity contribution < 1.29 is 13.9 Å². The molecule has 1 amide bonds. The number of rotatable bonds is 3. The number of imidazole rings is 1. The number of amides is 1. The number of aromatic nitrogens is 3. The number of ether oxygens (including phenoxy) is 1. The fourth-order valence-corrected chi connectivity index (χ4v) is 2.93. The van der Waals surface area contributed by atoms with Gasteiger partial charge in [0.2, 0.25) is 0 Å². The fourth-order valence-electron chi connectivity index (χ4n) is 2.93. The summed E-state index contributed by atoms with van der Waals surface area (Å²) in [6, 6.07) is 5.61. The summed E-state index contributed by atoms with van der Waals surface area (Å²) >= 11 is 0. The second-order valence-corrected chi connectivity index (χ2v) is 5.97. The third-order valence-electron chi connectivity index (χ3n) is 4.31. The Morgan fingerprint density at radius 1 is 1.33 bits per heavy atom. The summed E-state index contributed by atoms with van der Waals surface area (Å²) in [6.45, 7) is 1.41. The summed E-state index contributed by atoms with van der Waals surface area (Å²) in [7, 11) is 1.93. The zero-order valence-corrected chi connectivity index (χ0v) is 13.4. The van der Waals surface area contributed by atoms with E-state index in [1.165, 1.54) is 6.26 Å². The van der Waals surface area contributed by atoms with Crippen molar-refractivity contribution in [3.05, 3.63) is 42.4 Å². The van der Waals surface area contributed by atoms with Crippen molar-refractivity contribution in [3.63, 3.8) is 0 Å². The van der Waals surface area contributed by atoms with E-state index in [0.717, 1.165) is 23.9 Å². The van der Waals surface area contributed by atoms with Gasteiger partial charge in [0, 0.05) is 31.9 Å². The minimum absolute atomic E-state index is 0.227. The van der Waals surface area contributed by atoms with Crippen LogP contribution in [0.3, 0.4) is 0 Å². The van der Waals surface area contributed by atoms with Crippen LogP contribution >= 0.6 is 0 Å². The number of carbonyl (C=O) groups excluding carboxylic acids is 1. The molecule has 0 atom stereocenters. The normalized spacial score (nSPS) is 15.7. The Balaban J connectivity index is 1.49. The van der Waals surface area contributed by atoms with E-state index in [0.29, 0.717) is 24.8 Å². The van der Waals surface area contributed by atoms with E-state index in [2.05, 4.69) is 15.3 Å². The van der Waals surface area contributed by atoms with E-state index in [1.807, 2.05) is 29.8 Å². The zero-order chi connectivity index (χ0) is 16.5. The molecule has 3 aromatic rings. The quantitative estimate of drug-likeness (QED) is 0.800. The summed E-state index contributed by atoms with van der Waals surface area (Å²) < 4.78 is 12.8. The van der Waals surface area contributed by atoms with Gasteiger partial charge in [0.15, 0.2) is 11.6 Å². The lowest BCUT2D eigenvalue weighted by Gasteiger charge is -2.18. The Morgan fingerprint density at radius 2 is 2.17 bits per heavy atom. The smallest absolute Gasteiger partial charge is 0.277 e. The molecule has 0 radical (unpaired) electrons. The predicted octanol–water partition coefficient (Wildman–Crippen LogP) is 2.71. The Morgan fingerprint density at radius 3 is 3.00 bits per heavy atom. The van der Waals surface area contributed by atoms with E-state index < -0.39 is 0 Å². The van der Waals surface area contributed by atoms with Crippen LogP contribution in [-0.2, 0) is 11.8 Å². The molecule has 1 aliphatic rings. The second-order valence-electron chi connectivity index (χ2n) is 5.97. The standard InChI is InChI=1S/C17H18N4O3/c1-21-10-18-13-8-12(2-3-15(13)21)19-16(22)14-9-24-17(20-14)11-4-6-23-7-5-11/h2-3,8-11H,4-7H2,1H3,(H,19,22). The van der Waals surface area contributed by atoms with E-state index in [-0.39, 0.29) is 17.5 Å². The van der Waals surface area contributed by atoms with Gasteiger partial charge >= 0.3 is 0 Å². The van der Waals surface area contributed by atoms with Crippen LogP contribution in [-0.4, -0.2) is 33.7 Å². The summed E-state index contributed by atoms with van der Waals surface area (Å²) in [5.74, 6) is 0.557. The Labute approximate surface area is 138 Å². The number of hydrogen-bond acceptors (Lipinski definition) is 5. The van der Waals surface area contributed by atoms with Gasteiger partial charge < -0.3 is 19.0 Å². The van der Waals surface area contributed by atoms with Gasteiger partial charge in [-0.2, -0.15) is 0 Å².